The molecule has 1 atom stereocenters. The Kier molecular flexibility index (Phi) is 29.7. The van der Waals surface area contributed by atoms with E-state index < -0.39 is 5.41 Å². The third kappa shape index (κ3) is 24.5. The van der Waals surface area contributed by atoms with Crippen molar-refractivity contribution in [2.24, 2.45) is 5.41 Å². The number of benzene rings is 1. The fourth-order valence-electron chi connectivity index (χ4n) is 7.44. The highest BCUT2D eigenvalue weighted by Crippen LogP contribution is 2.28. The molecule has 1 heterocycles. The van der Waals surface area contributed by atoms with Crippen molar-refractivity contribution < 1.29 is 14.3 Å². The zero-order valence-electron chi connectivity index (χ0n) is 33.7. The van der Waals surface area contributed by atoms with Crippen molar-refractivity contribution in [1.82, 2.24) is 16.0 Å². The fourth-order valence-corrected chi connectivity index (χ4v) is 7.44. The van der Waals surface area contributed by atoms with E-state index >= 15 is 0 Å². The van der Waals surface area contributed by atoms with Gasteiger partial charge in [-0.05, 0) is 44.3 Å². The van der Waals surface area contributed by atoms with E-state index in [1.54, 1.807) is 0 Å². The predicted octanol–water partition coefficient (Wildman–Crippen LogP) is 11.1. The molecule has 3 N–H and O–H groups in total. The Bertz CT molecular complexity index is 892. The maximum atomic E-state index is 13.8. The molecule has 1 amide bonds. The van der Waals surface area contributed by atoms with Crippen molar-refractivity contribution in [3.63, 3.8) is 0 Å². The number of ether oxygens (including phenoxy) is 2. The third-order valence-corrected chi connectivity index (χ3v) is 11.0. The van der Waals surface area contributed by atoms with E-state index in [1.165, 1.54) is 147 Å². The molecule has 6 heteroatoms. The molecule has 51 heavy (non-hydrogen) atoms. The smallest absolute Gasteiger partial charge is 0.227 e. The maximum absolute atomic E-state index is 13.8. The standard InChI is InChI=1S/C45H83N3O3/c1-3-5-7-9-11-13-15-17-19-21-23-28-36-50-40-43(51-37-29-24-22-20-18-16-14-12-10-8-6-4-2)39-48-44(49)45(32-34-46-35-33-45)41-47-38-42-30-26-25-27-31-42/h25-27,30-31,43,46-47H,3-24,28-29,32-41H2,1-2H3,(H,48,49). The first kappa shape index (κ1) is 45.7. The second-order valence-corrected chi connectivity index (χ2v) is 15.7. The molecule has 1 aromatic carbocycles. The van der Waals surface area contributed by atoms with Crippen molar-refractivity contribution in [2.75, 3.05) is 46.0 Å². The molecule has 1 aliphatic rings. The van der Waals surface area contributed by atoms with E-state index in [9.17, 15) is 4.79 Å². The molecule has 0 aromatic heterocycles. The number of hydrogen-bond donors (Lipinski definition) is 3. The molecular formula is C45H83N3O3. The fraction of sp³-hybridized carbons (Fsp3) is 0.844. The highest BCUT2D eigenvalue weighted by molar-refractivity contribution is 5.83. The van der Waals surface area contributed by atoms with Gasteiger partial charge in [0.25, 0.3) is 0 Å². The number of amides is 1. The van der Waals surface area contributed by atoms with Gasteiger partial charge in [0.15, 0.2) is 0 Å². The van der Waals surface area contributed by atoms with Gasteiger partial charge in [-0.25, -0.2) is 0 Å². The van der Waals surface area contributed by atoms with Crippen LogP contribution < -0.4 is 16.0 Å². The topological polar surface area (TPSA) is 71.6 Å². The Balaban J connectivity index is 1.69. The molecular weight excluding hydrogens is 631 g/mol. The van der Waals surface area contributed by atoms with Crippen molar-refractivity contribution in [1.29, 1.82) is 0 Å². The summed E-state index contributed by atoms with van der Waals surface area (Å²) in [7, 11) is 0. The van der Waals surface area contributed by atoms with Crippen molar-refractivity contribution in [3.8, 4) is 0 Å². The minimum absolute atomic E-state index is 0.102. The number of hydrogen-bond acceptors (Lipinski definition) is 5. The summed E-state index contributed by atoms with van der Waals surface area (Å²) < 4.78 is 12.6. The molecule has 0 aliphatic carbocycles. The normalized spacial score (nSPS) is 14.9. The molecule has 296 valence electrons. The summed E-state index contributed by atoms with van der Waals surface area (Å²) in [5.74, 6) is 0.157. The zero-order valence-corrected chi connectivity index (χ0v) is 33.7. The Morgan fingerprint density at radius 2 is 1.14 bits per heavy atom. The molecule has 0 saturated carbocycles. The quantitative estimate of drug-likeness (QED) is 0.0604. The lowest BCUT2D eigenvalue weighted by Crippen LogP contribution is -2.53. The van der Waals surface area contributed by atoms with Crippen LogP contribution in [0.1, 0.15) is 186 Å². The molecule has 6 nitrogen and oxygen atoms in total. The van der Waals surface area contributed by atoms with E-state index in [4.69, 9.17) is 9.47 Å². The number of piperidine rings is 1. The van der Waals surface area contributed by atoms with Gasteiger partial charge in [-0.1, -0.05) is 185 Å². The molecule has 0 bridgehead atoms. The van der Waals surface area contributed by atoms with Gasteiger partial charge in [0.2, 0.25) is 5.91 Å². The molecule has 0 radical (unpaired) electrons. The highest BCUT2D eigenvalue weighted by Gasteiger charge is 2.39. The van der Waals surface area contributed by atoms with Crippen LogP contribution in [-0.4, -0.2) is 58.0 Å². The van der Waals surface area contributed by atoms with Crippen molar-refractivity contribution >= 4 is 5.91 Å². The maximum Gasteiger partial charge on any atom is 0.227 e. The van der Waals surface area contributed by atoms with Crippen LogP contribution in [0.2, 0.25) is 0 Å². The Labute approximate surface area is 316 Å². The Hall–Kier alpha value is -1.47. The molecule has 1 fully saturated rings. The molecule has 1 aliphatic heterocycles. The number of carbonyl (C=O) groups excluding carboxylic acids is 1. The summed E-state index contributed by atoms with van der Waals surface area (Å²) in [5.41, 5.74) is 0.856. The second kappa shape index (κ2) is 33.1. The Morgan fingerprint density at radius 3 is 1.65 bits per heavy atom. The molecule has 1 saturated heterocycles. The zero-order chi connectivity index (χ0) is 36.3. The number of nitrogens with one attached hydrogen (secondary N) is 3. The van der Waals surface area contributed by atoms with Crippen LogP contribution >= 0.6 is 0 Å². The van der Waals surface area contributed by atoms with Gasteiger partial charge < -0.3 is 25.4 Å². The summed E-state index contributed by atoms with van der Waals surface area (Å²) in [5, 5.41) is 10.4. The van der Waals surface area contributed by atoms with E-state index in [-0.39, 0.29) is 12.0 Å². The average Bonchev–Trinajstić information content (AvgIpc) is 3.16. The van der Waals surface area contributed by atoms with Crippen LogP contribution in [0.15, 0.2) is 30.3 Å². The molecule has 0 spiro atoms. The van der Waals surface area contributed by atoms with E-state index in [1.807, 2.05) is 6.07 Å². The number of unbranched alkanes of at least 4 members (excludes halogenated alkanes) is 22. The Morgan fingerprint density at radius 1 is 0.667 bits per heavy atom. The largest absolute Gasteiger partial charge is 0.379 e. The lowest BCUT2D eigenvalue weighted by Gasteiger charge is -2.37. The minimum Gasteiger partial charge on any atom is -0.379 e. The minimum atomic E-state index is -0.393. The van der Waals surface area contributed by atoms with Crippen LogP contribution in [-0.2, 0) is 20.8 Å². The van der Waals surface area contributed by atoms with Gasteiger partial charge in [-0.2, -0.15) is 0 Å². The highest BCUT2D eigenvalue weighted by atomic mass is 16.5. The van der Waals surface area contributed by atoms with E-state index in [0.717, 1.165) is 58.5 Å². The van der Waals surface area contributed by atoms with Crippen LogP contribution in [0.4, 0.5) is 0 Å². The molecule has 1 aromatic rings. The van der Waals surface area contributed by atoms with Gasteiger partial charge in [-0.15, -0.1) is 0 Å². The van der Waals surface area contributed by atoms with Crippen LogP contribution in [0.5, 0.6) is 0 Å². The summed E-state index contributed by atoms with van der Waals surface area (Å²) in [6, 6.07) is 10.5. The lowest BCUT2D eigenvalue weighted by atomic mass is 9.77. The van der Waals surface area contributed by atoms with E-state index in [0.29, 0.717) is 19.7 Å². The first-order valence-electron chi connectivity index (χ1n) is 22.1. The summed E-state index contributed by atoms with van der Waals surface area (Å²) >= 11 is 0. The molecule has 1 unspecified atom stereocenters. The van der Waals surface area contributed by atoms with Gasteiger partial charge in [0, 0.05) is 32.8 Å². The van der Waals surface area contributed by atoms with Crippen LogP contribution in [0.3, 0.4) is 0 Å². The predicted molar refractivity (Wildman–Crippen MR) is 218 cm³/mol. The summed E-state index contributed by atoms with van der Waals surface area (Å²) in [4.78, 5) is 13.8. The number of rotatable bonds is 36. The van der Waals surface area contributed by atoms with Crippen LogP contribution in [0.25, 0.3) is 0 Å². The first-order valence-corrected chi connectivity index (χ1v) is 22.1. The number of carbonyl (C=O) groups is 1. The SMILES string of the molecule is CCCCCCCCCCCCCCOCC(CNC(=O)C1(CNCc2ccccc2)CCNCC1)OCCCCCCCCCCCCCC. The van der Waals surface area contributed by atoms with Crippen LogP contribution in [0, 0.1) is 5.41 Å². The second-order valence-electron chi connectivity index (χ2n) is 15.7. The monoisotopic (exact) mass is 714 g/mol. The summed E-state index contributed by atoms with van der Waals surface area (Å²) in [6.07, 6.45) is 33.8. The lowest BCUT2D eigenvalue weighted by molar-refractivity contribution is -0.133. The van der Waals surface area contributed by atoms with Gasteiger partial charge >= 0.3 is 0 Å². The van der Waals surface area contributed by atoms with Gasteiger partial charge in [-0.3, -0.25) is 4.79 Å². The van der Waals surface area contributed by atoms with Gasteiger partial charge in [0.05, 0.1) is 18.1 Å². The van der Waals surface area contributed by atoms with Crippen molar-refractivity contribution in [2.45, 2.75) is 193 Å². The first-order chi connectivity index (χ1) is 25.2. The van der Waals surface area contributed by atoms with E-state index in [2.05, 4.69) is 54.1 Å². The van der Waals surface area contributed by atoms with Crippen molar-refractivity contribution in [3.05, 3.63) is 35.9 Å². The average molecular weight is 714 g/mol. The summed E-state index contributed by atoms with van der Waals surface area (Å²) in [6.45, 7) is 10.4. The molecule has 2 rings (SSSR count). The third-order valence-electron chi connectivity index (χ3n) is 11.0. The van der Waals surface area contributed by atoms with Gasteiger partial charge in [0.1, 0.15) is 0 Å².